The van der Waals surface area contributed by atoms with Crippen LogP contribution in [0.4, 0.5) is 0 Å². The van der Waals surface area contributed by atoms with E-state index in [1.54, 1.807) is 6.20 Å². The van der Waals surface area contributed by atoms with E-state index in [4.69, 9.17) is 4.74 Å². The lowest BCUT2D eigenvalue weighted by atomic mass is 10.2. The van der Waals surface area contributed by atoms with Gasteiger partial charge in [-0.2, -0.15) is 10.1 Å². The van der Waals surface area contributed by atoms with E-state index in [1.807, 2.05) is 30.3 Å². The molecular weight excluding hydrogens is 302 g/mol. The molecule has 2 rings (SSSR count). The van der Waals surface area contributed by atoms with Gasteiger partial charge >= 0.3 is 6.01 Å². The maximum atomic E-state index is 9.90. The Labute approximate surface area is 143 Å². The highest BCUT2D eigenvalue weighted by Crippen LogP contribution is 2.16. The smallest absolute Gasteiger partial charge is 0.336 e. The average molecular weight is 325 g/mol. The monoisotopic (exact) mass is 325 g/mol. The lowest BCUT2D eigenvalue weighted by Gasteiger charge is -2.08. The third kappa shape index (κ3) is 6.35. The molecule has 1 atom stereocenters. The highest BCUT2D eigenvalue weighted by Gasteiger charge is 2.07. The molecule has 1 unspecified atom stereocenters. The van der Waals surface area contributed by atoms with E-state index >= 15 is 0 Å². The van der Waals surface area contributed by atoms with Crippen molar-refractivity contribution in [2.75, 3.05) is 6.61 Å². The Hall–Kier alpha value is -2.45. The molecule has 0 saturated carbocycles. The van der Waals surface area contributed by atoms with Crippen molar-refractivity contribution in [1.29, 1.82) is 0 Å². The van der Waals surface area contributed by atoms with Crippen LogP contribution in [0, 0.1) is 11.8 Å². The van der Waals surface area contributed by atoms with Gasteiger partial charge in [0.2, 0.25) is 0 Å². The van der Waals surface area contributed by atoms with E-state index in [0.717, 1.165) is 18.4 Å². The van der Waals surface area contributed by atoms with Gasteiger partial charge in [-0.25, -0.2) is 0 Å². The standard InChI is InChI=1S/C19H23N3O2/c1-2-3-4-5-6-10-13-17(23)15-24-19-21-18(14-20-22-19)16-11-8-7-9-12-16/h7-9,11-12,14,17,23H,2-5,13,15H2,1H3. The molecule has 0 aliphatic rings. The predicted octanol–water partition coefficient (Wildman–Crippen LogP) is 3.25. The summed E-state index contributed by atoms with van der Waals surface area (Å²) in [6, 6.07) is 9.84. The van der Waals surface area contributed by atoms with Crippen molar-refractivity contribution in [2.45, 2.75) is 45.1 Å². The highest BCUT2D eigenvalue weighted by molar-refractivity contribution is 5.57. The van der Waals surface area contributed by atoms with Crippen LogP contribution in [0.2, 0.25) is 0 Å². The van der Waals surface area contributed by atoms with Crippen molar-refractivity contribution >= 4 is 0 Å². The molecule has 0 saturated heterocycles. The molecule has 0 bridgehead atoms. The number of hydrogen-bond donors (Lipinski definition) is 1. The molecule has 1 heterocycles. The van der Waals surface area contributed by atoms with Gasteiger partial charge in [0, 0.05) is 18.4 Å². The van der Waals surface area contributed by atoms with Gasteiger partial charge in [-0.1, -0.05) is 55.2 Å². The second-order valence-electron chi connectivity index (χ2n) is 5.47. The van der Waals surface area contributed by atoms with Crippen LogP contribution in [-0.2, 0) is 0 Å². The van der Waals surface area contributed by atoms with Crippen LogP contribution in [0.5, 0.6) is 6.01 Å². The van der Waals surface area contributed by atoms with Crippen LogP contribution in [0.25, 0.3) is 11.3 Å². The number of ether oxygens (including phenoxy) is 1. The number of nitrogens with zero attached hydrogens (tertiary/aromatic N) is 3. The molecule has 1 aromatic carbocycles. The highest BCUT2D eigenvalue weighted by atomic mass is 16.5. The van der Waals surface area contributed by atoms with Crippen LogP contribution in [0.15, 0.2) is 36.5 Å². The molecule has 0 amide bonds. The Bertz CT molecular complexity index is 665. The van der Waals surface area contributed by atoms with Crippen LogP contribution in [0.3, 0.4) is 0 Å². The molecule has 1 aromatic heterocycles. The zero-order chi connectivity index (χ0) is 17.0. The van der Waals surface area contributed by atoms with E-state index in [1.165, 1.54) is 12.8 Å². The van der Waals surface area contributed by atoms with Crippen molar-refractivity contribution < 1.29 is 9.84 Å². The fourth-order valence-electron chi connectivity index (χ4n) is 2.07. The number of aliphatic hydroxyl groups excluding tert-OH is 1. The summed E-state index contributed by atoms with van der Waals surface area (Å²) in [5.41, 5.74) is 1.63. The van der Waals surface area contributed by atoms with Crippen molar-refractivity contribution in [2.24, 2.45) is 0 Å². The second kappa shape index (κ2) is 10.3. The average Bonchev–Trinajstić information content (AvgIpc) is 2.64. The lowest BCUT2D eigenvalue weighted by Crippen LogP contribution is -2.18. The summed E-state index contributed by atoms with van der Waals surface area (Å²) in [7, 11) is 0. The Morgan fingerprint density at radius 2 is 2.00 bits per heavy atom. The number of hydrogen-bond acceptors (Lipinski definition) is 5. The molecular formula is C19H23N3O2. The molecule has 0 aliphatic carbocycles. The van der Waals surface area contributed by atoms with Crippen molar-refractivity contribution in [3.8, 4) is 29.1 Å². The van der Waals surface area contributed by atoms with Gasteiger partial charge in [0.05, 0.1) is 18.0 Å². The zero-order valence-corrected chi connectivity index (χ0v) is 14.0. The predicted molar refractivity (Wildman–Crippen MR) is 93.3 cm³/mol. The quantitative estimate of drug-likeness (QED) is 0.596. The molecule has 0 spiro atoms. The number of rotatable bonds is 8. The maximum Gasteiger partial charge on any atom is 0.336 e. The Morgan fingerprint density at radius 1 is 1.17 bits per heavy atom. The summed E-state index contributed by atoms with van der Waals surface area (Å²) in [5, 5.41) is 17.6. The van der Waals surface area contributed by atoms with Gasteiger partial charge in [-0.3, -0.25) is 0 Å². The number of aliphatic hydroxyl groups is 1. The number of aromatic nitrogens is 3. The summed E-state index contributed by atoms with van der Waals surface area (Å²) in [5.74, 6) is 6.05. The Balaban J connectivity index is 1.80. The van der Waals surface area contributed by atoms with Gasteiger partial charge in [0.1, 0.15) is 6.61 Å². The summed E-state index contributed by atoms with van der Waals surface area (Å²) < 4.78 is 5.42. The summed E-state index contributed by atoms with van der Waals surface area (Å²) in [6.45, 7) is 2.27. The van der Waals surface area contributed by atoms with E-state index in [0.29, 0.717) is 12.1 Å². The molecule has 0 aliphatic heterocycles. The van der Waals surface area contributed by atoms with E-state index in [2.05, 4.69) is 33.9 Å². The van der Waals surface area contributed by atoms with Crippen molar-refractivity contribution in [3.63, 3.8) is 0 Å². The maximum absolute atomic E-state index is 9.90. The first-order chi connectivity index (χ1) is 11.8. The van der Waals surface area contributed by atoms with Gasteiger partial charge in [0.25, 0.3) is 0 Å². The first-order valence-corrected chi connectivity index (χ1v) is 8.31. The molecule has 1 N–H and O–H groups in total. The van der Waals surface area contributed by atoms with Gasteiger partial charge in [-0.05, 0) is 6.42 Å². The SMILES string of the molecule is CCCCCC#CCC(O)COc1nncc(-c2ccccc2)n1. The van der Waals surface area contributed by atoms with Crippen LogP contribution < -0.4 is 4.74 Å². The summed E-state index contributed by atoms with van der Waals surface area (Å²) in [6.07, 6.45) is 5.69. The van der Waals surface area contributed by atoms with Gasteiger partial charge < -0.3 is 9.84 Å². The molecule has 24 heavy (non-hydrogen) atoms. The molecule has 126 valence electrons. The molecule has 5 nitrogen and oxygen atoms in total. The Morgan fingerprint density at radius 3 is 2.79 bits per heavy atom. The normalized spacial score (nSPS) is 11.4. The van der Waals surface area contributed by atoms with Crippen LogP contribution in [0.1, 0.15) is 39.0 Å². The minimum absolute atomic E-state index is 0.101. The van der Waals surface area contributed by atoms with Crippen molar-refractivity contribution in [3.05, 3.63) is 36.5 Å². The fraction of sp³-hybridized carbons (Fsp3) is 0.421. The molecule has 5 heteroatoms. The third-order valence-electron chi connectivity index (χ3n) is 3.38. The third-order valence-corrected chi connectivity index (χ3v) is 3.38. The summed E-state index contributed by atoms with van der Waals surface area (Å²) >= 11 is 0. The van der Waals surface area contributed by atoms with Crippen LogP contribution >= 0.6 is 0 Å². The van der Waals surface area contributed by atoms with E-state index < -0.39 is 6.10 Å². The molecule has 0 radical (unpaired) electrons. The topological polar surface area (TPSA) is 68.1 Å². The molecule has 2 aromatic rings. The first-order valence-electron chi connectivity index (χ1n) is 8.31. The fourth-order valence-corrected chi connectivity index (χ4v) is 2.07. The number of unbranched alkanes of at least 4 members (excludes halogenated alkanes) is 3. The first kappa shape index (κ1) is 17.9. The molecule has 0 fully saturated rings. The minimum atomic E-state index is -0.660. The second-order valence-corrected chi connectivity index (χ2v) is 5.47. The van der Waals surface area contributed by atoms with Gasteiger partial charge in [-0.15, -0.1) is 11.8 Å². The number of benzene rings is 1. The lowest BCUT2D eigenvalue weighted by molar-refractivity contribution is 0.105. The Kier molecular flexibility index (Phi) is 7.72. The van der Waals surface area contributed by atoms with Gasteiger partial charge in [0.15, 0.2) is 0 Å². The van der Waals surface area contributed by atoms with E-state index in [9.17, 15) is 5.11 Å². The van der Waals surface area contributed by atoms with E-state index in [-0.39, 0.29) is 12.6 Å². The van der Waals surface area contributed by atoms with Crippen LogP contribution in [-0.4, -0.2) is 33.0 Å². The van der Waals surface area contributed by atoms with Crippen molar-refractivity contribution in [1.82, 2.24) is 15.2 Å². The minimum Gasteiger partial charge on any atom is -0.460 e. The largest absolute Gasteiger partial charge is 0.460 e. The zero-order valence-electron chi connectivity index (χ0n) is 14.0. The summed E-state index contributed by atoms with van der Waals surface area (Å²) in [4.78, 5) is 4.30.